The first kappa shape index (κ1) is 13.1. The van der Waals surface area contributed by atoms with Gasteiger partial charge in [0.05, 0.1) is 0 Å². The first-order valence-corrected chi connectivity index (χ1v) is 8.23. The summed E-state index contributed by atoms with van der Waals surface area (Å²) < 4.78 is 0. The van der Waals surface area contributed by atoms with Gasteiger partial charge in [-0.05, 0) is 103 Å². The minimum Gasteiger partial charge on any atom is -0.0555 e. The summed E-state index contributed by atoms with van der Waals surface area (Å²) in [7, 11) is 0. The Hall–Kier alpha value is -1.56. The van der Waals surface area contributed by atoms with E-state index in [1.807, 2.05) is 0 Å². The molecule has 0 fully saturated rings. The van der Waals surface area contributed by atoms with Crippen LogP contribution in [0.25, 0.3) is 0 Å². The zero-order valence-corrected chi connectivity index (χ0v) is 13.6. The van der Waals surface area contributed by atoms with Crippen molar-refractivity contribution in [3.63, 3.8) is 0 Å². The van der Waals surface area contributed by atoms with Crippen LogP contribution < -0.4 is 0 Å². The SMILES string of the molecule is Cc1cc2c(cc1C)C1Cc3cc(C)c(C)cc3C(C2)C1. The molecule has 2 aliphatic carbocycles. The highest BCUT2D eigenvalue weighted by Crippen LogP contribution is 2.47. The number of aryl methyl sites for hydroxylation is 4. The van der Waals surface area contributed by atoms with Crippen molar-refractivity contribution in [1.29, 1.82) is 0 Å². The van der Waals surface area contributed by atoms with Crippen LogP contribution in [0, 0.1) is 27.7 Å². The van der Waals surface area contributed by atoms with E-state index in [0.717, 1.165) is 11.8 Å². The Morgan fingerprint density at radius 3 is 1.43 bits per heavy atom. The van der Waals surface area contributed by atoms with Crippen LogP contribution in [0.2, 0.25) is 0 Å². The molecule has 0 saturated carbocycles. The van der Waals surface area contributed by atoms with E-state index in [1.54, 1.807) is 22.3 Å². The molecule has 2 bridgehead atoms. The summed E-state index contributed by atoms with van der Waals surface area (Å²) in [5, 5.41) is 0. The van der Waals surface area contributed by atoms with Crippen molar-refractivity contribution in [2.45, 2.75) is 58.8 Å². The second-order valence-corrected chi connectivity index (χ2v) is 7.31. The Morgan fingerprint density at radius 1 is 0.619 bits per heavy atom. The molecule has 0 heteroatoms. The van der Waals surface area contributed by atoms with Gasteiger partial charge in [-0.15, -0.1) is 0 Å². The van der Waals surface area contributed by atoms with Crippen molar-refractivity contribution < 1.29 is 0 Å². The van der Waals surface area contributed by atoms with Gasteiger partial charge >= 0.3 is 0 Å². The molecule has 2 aromatic carbocycles. The number of hydrogen-bond donors (Lipinski definition) is 0. The van der Waals surface area contributed by atoms with Gasteiger partial charge in [0.2, 0.25) is 0 Å². The first-order valence-electron chi connectivity index (χ1n) is 8.23. The minimum atomic E-state index is 0.743. The first-order chi connectivity index (χ1) is 10.0. The maximum Gasteiger partial charge on any atom is -0.0113 e. The van der Waals surface area contributed by atoms with Crippen molar-refractivity contribution in [3.8, 4) is 0 Å². The van der Waals surface area contributed by atoms with Gasteiger partial charge in [0.25, 0.3) is 0 Å². The molecule has 0 aliphatic heterocycles. The van der Waals surface area contributed by atoms with E-state index >= 15 is 0 Å². The smallest absolute Gasteiger partial charge is 0.0113 e. The van der Waals surface area contributed by atoms with Gasteiger partial charge < -0.3 is 0 Å². The highest BCUT2D eigenvalue weighted by atomic mass is 14.4. The molecule has 0 aromatic heterocycles. The highest BCUT2D eigenvalue weighted by molar-refractivity contribution is 5.49. The molecule has 2 unspecified atom stereocenters. The summed E-state index contributed by atoms with van der Waals surface area (Å²) in [6.07, 6.45) is 3.83. The molecule has 2 atom stereocenters. The van der Waals surface area contributed by atoms with Gasteiger partial charge in [-0.1, -0.05) is 24.3 Å². The van der Waals surface area contributed by atoms with E-state index in [4.69, 9.17) is 0 Å². The lowest BCUT2D eigenvalue weighted by Crippen LogP contribution is -2.25. The Bertz CT molecular complexity index is 673. The average Bonchev–Trinajstić information content (AvgIpc) is 2.44. The third-order valence-electron chi connectivity index (χ3n) is 5.89. The second kappa shape index (κ2) is 4.47. The fraction of sp³-hybridized carbons (Fsp3) is 0.429. The Labute approximate surface area is 128 Å². The Morgan fingerprint density at radius 2 is 1.00 bits per heavy atom. The Balaban J connectivity index is 1.84. The van der Waals surface area contributed by atoms with Gasteiger partial charge in [-0.2, -0.15) is 0 Å². The third kappa shape index (κ3) is 1.96. The van der Waals surface area contributed by atoms with Crippen LogP contribution in [0.5, 0.6) is 0 Å². The van der Waals surface area contributed by atoms with E-state index in [9.17, 15) is 0 Å². The van der Waals surface area contributed by atoms with Crippen LogP contribution in [-0.2, 0) is 12.8 Å². The summed E-state index contributed by atoms with van der Waals surface area (Å²) in [5.74, 6) is 1.49. The van der Waals surface area contributed by atoms with Gasteiger partial charge in [-0.3, -0.25) is 0 Å². The van der Waals surface area contributed by atoms with E-state index in [2.05, 4.69) is 52.0 Å². The van der Waals surface area contributed by atoms with Crippen LogP contribution in [0.4, 0.5) is 0 Å². The lowest BCUT2D eigenvalue weighted by molar-refractivity contribution is 0.457. The van der Waals surface area contributed by atoms with Gasteiger partial charge in [0.1, 0.15) is 0 Å². The summed E-state index contributed by atoms with van der Waals surface area (Å²) >= 11 is 0. The van der Waals surface area contributed by atoms with Crippen LogP contribution in [0.3, 0.4) is 0 Å². The minimum absolute atomic E-state index is 0.743. The van der Waals surface area contributed by atoms with Crippen molar-refractivity contribution in [2.24, 2.45) is 0 Å². The maximum atomic E-state index is 2.47. The molecule has 21 heavy (non-hydrogen) atoms. The summed E-state index contributed by atoms with van der Waals surface area (Å²) in [6.45, 7) is 9.01. The lowest BCUT2D eigenvalue weighted by atomic mass is 9.66. The maximum absolute atomic E-state index is 2.47. The van der Waals surface area contributed by atoms with Crippen molar-refractivity contribution in [1.82, 2.24) is 0 Å². The molecule has 0 nitrogen and oxygen atoms in total. The quantitative estimate of drug-likeness (QED) is 0.613. The van der Waals surface area contributed by atoms with E-state index in [0.29, 0.717) is 0 Å². The number of rotatable bonds is 0. The Kier molecular flexibility index (Phi) is 2.79. The van der Waals surface area contributed by atoms with Crippen molar-refractivity contribution in [3.05, 3.63) is 68.8 Å². The molecule has 0 heterocycles. The largest absolute Gasteiger partial charge is 0.0555 e. The third-order valence-corrected chi connectivity index (χ3v) is 5.89. The van der Waals surface area contributed by atoms with Gasteiger partial charge in [0, 0.05) is 0 Å². The predicted octanol–water partition coefficient (Wildman–Crippen LogP) is 5.29. The van der Waals surface area contributed by atoms with Crippen molar-refractivity contribution >= 4 is 0 Å². The fourth-order valence-electron chi connectivity index (χ4n) is 4.43. The van der Waals surface area contributed by atoms with E-state index in [1.165, 1.54) is 41.5 Å². The zero-order valence-electron chi connectivity index (χ0n) is 13.6. The molecule has 0 N–H and O–H groups in total. The zero-order chi connectivity index (χ0) is 14.7. The molecule has 0 amide bonds. The number of benzene rings is 2. The molecule has 4 rings (SSSR count). The van der Waals surface area contributed by atoms with E-state index < -0.39 is 0 Å². The highest BCUT2D eigenvalue weighted by Gasteiger charge is 2.34. The second-order valence-electron chi connectivity index (χ2n) is 7.31. The van der Waals surface area contributed by atoms with Gasteiger partial charge in [-0.25, -0.2) is 0 Å². The monoisotopic (exact) mass is 276 g/mol. The average molecular weight is 276 g/mol. The standard InChI is InChI=1S/C21H24/c1-12-5-16-9-18-11-19(20(16)7-14(12)3)10-17-6-13(2)15(4)8-21(17)18/h5-8,18-19H,9-11H2,1-4H3. The lowest BCUT2D eigenvalue weighted by Gasteiger charge is -2.39. The topological polar surface area (TPSA) is 0 Å². The van der Waals surface area contributed by atoms with Crippen LogP contribution in [0.15, 0.2) is 24.3 Å². The molecular weight excluding hydrogens is 252 g/mol. The molecule has 2 aliphatic rings. The van der Waals surface area contributed by atoms with Gasteiger partial charge in [0.15, 0.2) is 0 Å². The van der Waals surface area contributed by atoms with Crippen LogP contribution >= 0.6 is 0 Å². The van der Waals surface area contributed by atoms with Crippen LogP contribution in [-0.4, -0.2) is 0 Å². The number of hydrogen-bond acceptors (Lipinski definition) is 0. The summed E-state index contributed by atoms with van der Waals surface area (Å²) in [4.78, 5) is 0. The van der Waals surface area contributed by atoms with Crippen LogP contribution in [0.1, 0.15) is 62.8 Å². The summed E-state index contributed by atoms with van der Waals surface area (Å²) in [5.41, 5.74) is 12.3. The molecule has 0 radical (unpaired) electrons. The molecular formula is C21H24. The molecule has 0 spiro atoms. The summed E-state index contributed by atoms with van der Waals surface area (Å²) in [6, 6.07) is 9.85. The van der Waals surface area contributed by atoms with E-state index in [-0.39, 0.29) is 0 Å². The fourth-order valence-corrected chi connectivity index (χ4v) is 4.43. The predicted molar refractivity (Wildman–Crippen MR) is 89.3 cm³/mol. The molecule has 108 valence electrons. The molecule has 0 saturated heterocycles. The number of fused-ring (bicyclic) bond motifs is 6. The normalized spacial score (nSPS) is 22.7. The van der Waals surface area contributed by atoms with Crippen molar-refractivity contribution in [2.75, 3.05) is 0 Å². The molecule has 2 aromatic rings.